The van der Waals surface area contributed by atoms with Crippen LogP contribution in [0, 0.1) is 13.8 Å². The summed E-state index contributed by atoms with van der Waals surface area (Å²) in [7, 11) is -1.09. The molecule has 0 atom stereocenters. The largest absolute Gasteiger partial charge is 0.466 e. The Hall–Kier alpha value is -2.35. The number of hydrogen-bond donors (Lipinski definition) is 1. The van der Waals surface area contributed by atoms with Crippen molar-refractivity contribution < 1.29 is 27.5 Å². The van der Waals surface area contributed by atoms with Crippen LogP contribution in [0.3, 0.4) is 0 Å². The Morgan fingerprint density at radius 1 is 1.13 bits per heavy atom. The number of hydrogen-bond acceptors (Lipinski definition) is 7. The van der Waals surface area contributed by atoms with Gasteiger partial charge in [-0.1, -0.05) is 6.07 Å². The molecule has 0 radical (unpaired) electrons. The summed E-state index contributed by atoms with van der Waals surface area (Å²) in [4.78, 5) is 23.3. The molecule has 0 aliphatic heterocycles. The van der Waals surface area contributed by atoms with Crippen molar-refractivity contribution in [3.8, 4) is 0 Å². The van der Waals surface area contributed by atoms with Gasteiger partial charge >= 0.3 is 11.9 Å². The predicted octanol–water partition coefficient (Wildman–Crippen LogP) is 1.35. The first kappa shape index (κ1) is 18.7. The van der Waals surface area contributed by atoms with Crippen LogP contribution in [0.15, 0.2) is 28.8 Å². The van der Waals surface area contributed by atoms with Crippen molar-refractivity contribution in [3.05, 3.63) is 35.0 Å². The number of aryl methyl sites for hydroxylation is 1. The molecule has 0 aromatic heterocycles. The Morgan fingerprint density at radius 3 is 2.22 bits per heavy atom. The van der Waals surface area contributed by atoms with Crippen LogP contribution in [-0.2, 0) is 28.9 Å². The third-order valence-corrected chi connectivity index (χ3v) is 4.39. The van der Waals surface area contributed by atoms with E-state index in [1.807, 2.05) is 0 Å². The van der Waals surface area contributed by atoms with Gasteiger partial charge in [0.05, 0.1) is 25.2 Å². The van der Waals surface area contributed by atoms with Gasteiger partial charge in [0, 0.05) is 11.9 Å². The highest BCUT2D eigenvalue weighted by Crippen LogP contribution is 2.28. The lowest BCUT2D eigenvalue weighted by Crippen LogP contribution is -2.17. The van der Waals surface area contributed by atoms with Crippen LogP contribution in [0.1, 0.15) is 11.1 Å². The minimum Gasteiger partial charge on any atom is -0.466 e. The van der Waals surface area contributed by atoms with Crippen LogP contribution in [0.25, 0.3) is 0 Å². The Morgan fingerprint density at radius 2 is 1.74 bits per heavy atom. The van der Waals surface area contributed by atoms with E-state index >= 15 is 0 Å². The highest BCUT2D eigenvalue weighted by molar-refractivity contribution is 7.90. The number of esters is 2. The second kappa shape index (κ2) is 7.28. The number of benzene rings is 1. The molecule has 0 aliphatic rings. The van der Waals surface area contributed by atoms with Crippen molar-refractivity contribution in [1.82, 2.24) is 0 Å². The minimum atomic E-state index is -3.43. The van der Waals surface area contributed by atoms with Gasteiger partial charge in [0.2, 0.25) is 0 Å². The highest BCUT2D eigenvalue weighted by atomic mass is 32.2. The lowest BCUT2D eigenvalue weighted by Gasteiger charge is -2.16. The molecule has 0 fully saturated rings. The van der Waals surface area contributed by atoms with Gasteiger partial charge in [0.1, 0.15) is 5.70 Å². The Bertz CT molecular complexity index is 764. The van der Waals surface area contributed by atoms with Crippen molar-refractivity contribution in [2.75, 3.05) is 25.8 Å². The van der Waals surface area contributed by atoms with Crippen molar-refractivity contribution in [3.63, 3.8) is 0 Å². The zero-order chi connectivity index (χ0) is 17.8. The average Bonchev–Trinajstić information content (AvgIpc) is 2.47. The summed E-state index contributed by atoms with van der Waals surface area (Å²) in [6.45, 7) is 3.35. The van der Waals surface area contributed by atoms with Gasteiger partial charge in [-0.2, -0.15) is 0 Å². The first-order valence-corrected chi connectivity index (χ1v) is 8.46. The zero-order valence-electron chi connectivity index (χ0n) is 13.6. The van der Waals surface area contributed by atoms with Crippen molar-refractivity contribution in [2.45, 2.75) is 18.7 Å². The summed E-state index contributed by atoms with van der Waals surface area (Å²) >= 11 is 0. The SMILES string of the molecule is COC(=O)/C=C(/Nc1c(C)ccc(S(C)(=O)=O)c1C)C(=O)OC. The lowest BCUT2D eigenvalue weighted by atomic mass is 10.1. The maximum Gasteiger partial charge on any atom is 0.354 e. The molecule has 0 aliphatic carbocycles. The van der Waals surface area contributed by atoms with Crippen molar-refractivity contribution in [2.24, 2.45) is 0 Å². The molecule has 1 aromatic carbocycles. The van der Waals surface area contributed by atoms with E-state index in [0.717, 1.165) is 12.3 Å². The van der Waals surface area contributed by atoms with Crippen molar-refractivity contribution in [1.29, 1.82) is 0 Å². The normalized spacial score (nSPS) is 11.8. The van der Waals surface area contributed by atoms with Crippen LogP contribution in [0.4, 0.5) is 5.69 Å². The van der Waals surface area contributed by atoms with E-state index in [4.69, 9.17) is 0 Å². The number of carbonyl (C=O) groups is 2. The summed E-state index contributed by atoms with van der Waals surface area (Å²) in [5.41, 5.74) is 1.39. The Kier molecular flexibility index (Phi) is 5.91. The maximum absolute atomic E-state index is 11.8. The van der Waals surface area contributed by atoms with Gasteiger partial charge in [-0.3, -0.25) is 0 Å². The van der Waals surface area contributed by atoms with Gasteiger partial charge in [-0.15, -0.1) is 0 Å². The van der Waals surface area contributed by atoms with E-state index in [0.29, 0.717) is 16.8 Å². The topological polar surface area (TPSA) is 98.8 Å². The van der Waals surface area contributed by atoms with E-state index < -0.39 is 21.8 Å². The van der Waals surface area contributed by atoms with E-state index in [-0.39, 0.29) is 10.6 Å². The number of rotatable bonds is 5. The minimum absolute atomic E-state index is 0.132. The third-order valence-electron chi connectivity index (χ3n) is 3.15. The second-order valence-corrected chi connectivity index (χ2v) is 6.83. The smallest absolute Gasteiger partial charge is 0.354 e. The molecule has 0 saturated heterocycles. The summed E-state index contributed by atoms with van der Waals surface area (Å²) in [5.74, 6) is -1.52. The van der Waals surface area contributed by atoms with E-state index in [1.54, 1.807) is 19.9 Å². The molecule has 0 saturated carbocycles. The second-order valence-electron chi connectivity index (χ2n) is 4.85. The van der Waals surface area contributed by atoms with Gasteiger partial charge in [-0.05, 0) is 31.0 Å². The van der Waals surface area contributed by atoms with Gasteiger partial charge in [-0.25, -0.2) is 18.0 Å². The van der Waals surface area contributed by atoms with E-state index in [1.165, 1.54) is 20.3 Å². The third kappa shape index (κ3) is 4.56. The monoisotopic (exact) mass is 341 g/mol. The van der Waals surface area contributed by atoms with Crippen LogP contribution >= 0.6 is 0 Å². The van der Waals surface area contributed by atoms with Crippen LogP contribution < -0.4 is 5.32 Å². The lowest BCUT2D eigenvalue weighted by molar-refractivity contribution is -0.138. The molecular weight excluding hydrogens is 322 g/mol. The molecule has 1 N–H and O–H groups in total. The molecule has 0 unspecified atom stereocenters. The zero-order valence-corrected chi connectivity index (χ0v) is 14.4. The summed E-state index contributed by atoms with van der Waals surface area (Å²) in [6.07, 6.45) is 2.04. The molecular formula is C15H19NO6S. The molecule has 7 nitrogen and oxygen atoms in total. The van der Waals surface area contributed by atoms with Gasteiger partial charge < -0.3 is 14.8 Å². The van der Waals surface area contributed by atoms with Crippen LogP contribution in [0.2, 0.25) is 0 Å². The molecule has 0 spiro atoms. The fraction of sp³-hybridized carbons (Fsp3) is 0.333. The molecule has 0 bridgehead atoms. The molecule has 8 heteroatoms. The highest BCUT2D eigenvalue weighted by Gasteiger charge is 2.19. The Labute approximate surface area is 135 Å². The Balaban J connectivity index is 3.43. The first-order chi connectivity index (χ1) is 10.6. The van der Waals surface area contributed by atoms with E-state index in [2.05, 4.69) is 14.8 Å². The molecule has 0 heterocycles. The average molecular weight is 341 g/mol. The first-order valence-electron chi connectivity index (χ1n) is 6.57. The molecule has 0 amide bonds. The van der Waals surface area contributed by atoms with E-state index in [9.17, 15) is 18.0 Å². The number of anilines is 1. The fourth-order valence-corrected chi connectivity index (χ4v) is 2.96. The molecule has 1 aromatic rings. The van der Waals surface area contributed by atoms with Crippen molar-refractivity contribution >= 4 is 27.5 Å². The molecule has 126 valence electrons. The number of nitrogens with one attached hydrogen (secondary N) is 1. The fourth-order valence-electron chi connectivity index (χ4n) is 1.99. The summed E-state index contributed by atoms with van der Waals surface area (Å²) < 4.78 is 32.7. The number of sulfone groups is 1. The molecule has 1 rings (SSSR count). The summed E-state index contributed by atoms with van der Waals surface area (Å²) in [5, 5.41) is 2.77. The van der Waals surface area contributed by atoms with Gasteiger partial charge in [0.25, 0.3) is 0 Å². The van der Waals surface area contributed by atoms with Crippen LogP contribution in [0.5, 0.6) is 0 Å². The number of carbonyl (C=O) groups excluding carboxylic acids is 2. The number of methoxy groups -OCH3 is 2. The maximum atomic E-state index is 11.8. The predicted molar refractivity (Wildman–Crippen MR) is 84.8 cm³/mol. The standard InChI is InChI=1S/C15H19NO6S/c1-9-6-7-12(23(5,19)20)10(2)14(9)16-11(15(18)22-4)8-13(17)21-3/h6-8,16H,1-5H3/b11-8+. The summed E-state index contributed by atoms with van der Waals surface area (Å²) in [6, 6.07) is 3.10. The van der Waals surface area contributed by atoms with Gasteiger partial charge in [0.15, 0.2) is 9.84 Å². The quantitative estimate of drug-likeness (QED) is 0.637. The molecule has 23 heavy (non-hydrogen) atoms. The van der Waals surface area contributed by atoms with Crippen LogP contribution in [-0.4, -0.2) is 40.8 Å². The number of ether oxygens (including phenoxy) is 2.